The summed E-state index contributed by atoms with van der Waals surface area (Å²) in [6, 6.07) is 13.4. The Bertz CT molecular complexity index is 704. The van der Waals surface area contributed by atoms with Gasteiger partial charge in [0, 0.05) is 16.1 Å². The molecule has 118 valence electrons. The summed E-state index contributed by atoms with van der Waals surface area (Å²) in [6.07, 6.45) is 0. The summed E-state index contributed by atoms with van der Waals surface area (Å²) < 4.78 is 28.9. The van der Waals surface area contributed by atoms with Crippen molar-refractivity contribution in [2.45, 2.75) is 0 Å². The van der Waals surface area contributed by atoms with Crippen LogP contribution in [-0.4, -0.2) is 23.9 Å². The molecule has 1 aliphatic rings. The SMILES string of the molecule is O=P1(Oc2ccc3ccccc3c2)OCC(CBr)(CBr)CO1. The molecule has 3 rings (SSSR count). The van der Waals surface area contributed by atoms with Gasteiger partial charge in [-0.25, -0.2) is 4.57 Å². The molecule has 1 saturated heterocycles. The first-order chi connectivity index (χ1) is 10.6. The summed E-state index contributed by atoms with van der Waals surface area (Å²) in [5.41, 5.74) is -0.222. The normalized spacial score (nSPS) is 19.9. The van der Waals surface area contributed by atoms with Crippen molar-refractivity contribution in [2.24, 2.45) is 5.41 Å². The highest BCUT2D eigenvalue weighted by Crippen LogP contribution is 2.55. The van der Waals surface area contributed by atoms with Crippen LogP contribution in [0.15, 0.2) is 42.5 Å². The molecule has 1 heterocycles. The van der Waals surface area contributed by atoms with Crippen LogP contribution in [0.1, 0.15) is 0 Å². The minimum Gasteiger partial charge on any atom is -0.404 e. The van der Waals surface area contributed by atoms with Crippen LogP contribution in [0.2, 0.25) is 0 Å². The van der Waals surface area contributed by atoms with E-state index in [-0.39, 0.29) is 5.41 Å². The third kappa shape index (κ3) is 3.41. The lowest BCUT2D eigenvalue weighted by molar-refractivity contribution is 0.0248. The predicted molar refractivity (Wildman–Crippen MR) is 94.1 cm³/mol. The summed E-state index contributed by atoms with van der Waals surface area (Å²) in [4.78, 5) is 0. The standard InChI is InChI=1S/C15H15Br2O4P/c16-8-15(9-17)10-19-22(18,20-11-15)21-14-6-5-12-3-1-2-4-13(12)7-14/h1-7H,8-11H2. The smallest absolute Gasteiger partial charge is 0.404 e. The first-order valence-corrected chi connectivity index (χ1v) is 10.5. The number of fused-ring (bicyclic) bond motifs is 1. The second-order valence-electron chi connectivity index (χ2n) is 5.36. The molecule has 0 saturated carbocycles. The van der Waals surface area contributed by atoms with Gasteiger partial charge in [-0.05, 0) is 22.9 Å². The zero-order valence-electron chi connectivity index (χ0n) is 11.7. The summed E-state index contributed by atoms with van der Waals surface area (Å²) in [5.74, 6) is 0.479. The van der Waals surface area contributed by atoms with E-state index in [0.29, 0.717) is 29.6 Å². The summed E-state index contributed by atoms with van der Waals surface area (Å²) in [7, 11) is -3.56. The average Bonchev–Trinajstić information content (AvgIpc) is 2.56. The van der Waals surface area contributed by atoms with Crippen LogP contribution in [0.3, 0.4) is 0 Å². The van der Waals surface area contributed by atoms with Gasteiger partial charge in [0.15, 0.2) is 0 Å². The maximum absolute atomic E-state index is 12.6. The highest BCUT2D eigenvalue weighted by molar-refractivity contribution is 9.09. The van der Waals surface area contributed by atoms with Crippen LogP contribution < -0.4 is 4.52 Å². The van der Waals surface area contributed by atoms with Gasteiger partial charge in [-0.15, -0.1) is 0 Å². The topological polar surface area (TPSA) is 44.8 Å². The minimum absolute atomic E-state index is 0.222. The first-order valence-electron chi connectivity index (χ1n) is 6.78. The maximum atomic E-state index is 12.6. The van der Waals surface area contributed by atoms with E-state index in [0.717, 1.165) is 10.8 Å². The van der Waals surface area contributed by atoms with Crippen LogP contribution in [0.4, 0.5) is 0 Å². The largest absolute Gasteiger partial charge is 0.530 e. The van der Waals surface area contributed by atoms with Crippen molar-refractivity contribution in [3.8, 4) is 5.75 Å². The van der Waals surface area contributed by atoms with Crippen LogP contribution >= 0.6 is 39.7 Å². The van der Waals surface area contributed by atoms with Gasteiger partial charge in [0.1, 0.15) is 5.75 Å². The molecule has 0 atom stereocenters. The monoisotopic (exact) mass is 448 g/mol. The van der Waals surface area contributed by atoms with Gasteiger partial charge in [0.25, 0.3) is 0 Å². The van der Waals surface area contributed by atoms with Crippen molar-refractivity contribution in [1.29, 1.82) is 0 Å². The molecule has 0 amide bonds. The average molecular weight is 450 g/mol. The maximum Gasteiger partial charge on any atom is 0.530 e. The summed E-state index contributed by atoms with van der Waals surface area (Å²) >= 11 is 6.88. The summed E-state index contributed by atoms with van der Waals surface area (Å²) in [5, 5.41) is 3.50. The van der Waals surface area contributed by atoms with E-state index >= 15 is 0 Å². The fraction of sp³-hybridized carbons (Fsp3) is 0.333. The molecule has 0 N–H and O–H groups in total. The van der Waals surface area contributed by atoms with Crippen LogP contribution in [0.5, 0.6) is 5.75 Å². The number of phosphoric acid groups is 1. The van der Waals surface area contributed by atoms with Gasteiger partial charge in [0.05, 0.1) is 13.2 Å². The number of phosphoric ester groups is 1. The van der Waals surface area contributed by atoms with Crippen molar-refractivity contribution < 1.29 is 18.1 Å². The third-order valence-corrected chi connectivity index (χ3v) is 7.27. The van der Waals surface area contributed by atoms with Crippen LogP contribution in [0.25, 0.3) is 10.8 Å². The number of hydrogen-bond acceptors (Lipinski definition) is 4. The van der Waals surface area contributed by atoms with Crippen LogP contribution in [0, 0.1) is 5.41 Å². The molecular formula is C15H15Br2O4P. The highest BCUT2D eigenvalue weighted by Gasteiger charge is 2.43. The predicted octanol–water partition coefficient (Wildman–Crippen LogP) is 5.15. The molecule has 7 heteroatoms. The second-order valence-corrected chi connectivity index (χ2v) is 8.08. The van der Waals surface area contributed by atoms with Crippen molar-refractivity contribution in [1.82, 2.24) is 0 Å². The van der Waals surface area contributed by atoms with Gasteiger partial charge >= 0.3 is 7.82 Å². The highest BCUT2D eigenvalue weighted by atomic mass is 79.9. The molecule has 0 spiro atoms. The van der Waals surface area contributed by atoms with E-state index < -0.39 is 7.82 Å². The number of halogens is 2. The Labute approximate surface area is 146 Å². The fourth-order valence-corrected chi connectivity index (χ4v) is 5.10. The lowest BCUT2D eigenvalue weighted by Crippen LogP contribution is -2.39. The van der Waals surface area contributed by atoms with Gasteiger partial charge in [-0.3, -0.25) is 9.05 Å². The van der Waals surface area contributed by atoms with Crippen molar-refractivity contribution in [3.63, 3.8) is 0 Å². The lowest BCUT2D eigenvalue weighted by Gasteiger charge is -2.36. The van der Waals surface area contributed by atoms with Crippen molar-refractivity contribution in [3.05, 3.63) is 42.5 Å². The number of rotatable bonds is 4. The zero-order valence-corrected chi connectivity index (χ0v) is 15.8. The molecule has 0 aliphatic carbocycles. The number of hydrogen-bond donors (Lipinski definition) is 0. The Kier molecular flexibility index (Phi) is 4.95. The Hall–Kier alpha value is -0.390. The van der Waals surface area contributed by atoms with E-state index in [1.165, 1.54) is 0 Å². The number of benzene rings is 2. The van der Waals surface area contributed by atoms with Gasteiger partial charge in [-0.2, -0.15) is 0 Å². The Morgan fingerprint density at radius 1 is 1.05 bits per heavy atom. The Morgan fingerprint density at radius 2 is 1.68 bits per heavy atom. The molecule has 0 bridgehead atoms. The van der Waals surface area contributed by atoms with Crippen molar-refractivity contribution >= 4 is 50.5 Å². The van der Waals surface area contributed by atoms with Gasteiger partial charge in [-0.1, -0.05) is 62.2 Å². The molecule has 0 unspecified atom stereocenters. The Morgan fingerprint density at radius 3 is 2.32 bits per heavy atom. The Balaban J connectivity index is 1.76. The first kappa shape index (κ1) is 16.5. The summed E-state index contributed by atoms with van der Waals surface area (Å²) in [6.45, 7) is 0.628. The quantitative estimate of drug-likeness (QED) is 0.478. The third-order valence-electron chi connectivity index (χ3n) is 3.56. The zero-order chi connectivity index (χ0) is 15.6. The molecule has 22 heavy (non-hydrogen) atoms. The molecule has 2 aromatic carbocycles. The number of alkyl halides is 2. The van der Waals surface area contributed by atoms with E-state index in [9.17, 15) is 4.57 Å². The van der Waals surface area contributed by atoms with E-state index in [2.05, 4.69) is 31.9 Å². The van der Waals surface area contributed by atoms with Gasteiger partial charge < -0.3 is 4.52 Å². The fourth-order valence-electron chi connectivity index (χ4n) is 2.11. The molecule has 2 aromatic rings. The molecular weight excluding hydrogens is 435 g/mol. The molecule has 0 aromatic heterocycles. The minimum atomic E-state index is -3.56. The molecule has 0 radical (unpaired) electrons. The van der Waals surface area contributed by atoms with Crippen LogP contribution in [-0.2, 0) is 13.6 Å². The van der Waals surface area contributed by atoms with Gasteiger partial charge in [0.2, 0.25) is 0 Å². The second kappa shape index (κ2) is 6.62. The van der Waals surface area contributed by atoms with E-state index in [1.807, 2.05) is 36.4 Å². The molecule has 1 aliphatic heterocycles. The molecule has 4 nitrogen and oxygen atoms in total. The molecule has 1 fully saturated rings. The lowest BCUT2D eigenvalue weighted by atomic mass is 9.96. The van der Waals surface area contributed by atoms with E-state index in [4.69, 9.17) is 13.6 Å². The van der Waals surface area contributed by atoms with E-state index in [1.54, 1.807) is 6.07 Å². The van der Waals surface area contributed by atoms with Crippen molar-refractivity contribution in [2.75, 3.05) is 23.9 Å².